The molecule has 4 N–H and O–H groups in total. The van der Waals surface area contributed by atoms with E-state index in [4.69, 9.17) is 5.73 Å². The molecule has 2 aromatic heterocycles. The van der Waals surface area contributed by atoms with E-state index in [1.807, 2.05) is 12.4 Å². The summed E-state index contributed by atoms with van der Waals surface area (Å²) in [5, 5.41) is 11.1. The summed E-state index contributed by atoms with van der Waals surface area (Å²) in [6.07, 6.45) is 2.96. The molecule has 1 aliphatic carbocycles. The van der Waals surface area contributed by atoms with Crippen molar-refractivity contribution < 1.29 is 13.2 Å². The van der Waals surface area contributed by atoms with Crippen molar-refractivity contribution in [2.75, 3.05) is 11.9 Å². The van der Waals surface area contributed by atoms with Gasteiger partial charge in [-0.1, -0.05) is 30.4 Å². The van der Waals surface area contributed by atoms with Crippen LogP contribution < -0.4 is 11.1 Å². The van der Waals surface area contributed by atoms with Crippen LogP contribution in [0.1, 0.15) is 34.2 Å². The van der Waals surface area contributed by atoms with Crippen LogP contribution in [-0.2, 0) is 19.0 Å². The van der Waals surface area contributed by atoms with Gasteiger partial charge in [-0.05, 0) is 53.7 Å². The van der Waals surface area contributed by atoms with Gasteiger partial charge in [0.15, 0.2) is 5.13 Å². The molecule has 0 fully saturated rings. The highest BCUT2D eigenvalue weighted by molar-refractivity contribution is 7.16. The number of hydrogen-bond acceptors (Lipinski definition) is 5. The number of aromatic amines is 1. The average Bonchev–Trinajstić information content (AvgIpc) is 3.34. The SMILES string of the molecule is CC1Cc2cn[nH]c2C=C1c1cnc(NC[C@@H](N)Cc2ccc(C(F)(F)F)cc2)s1. The van der Waals surface area contributed by atoms with Crippen molar-refractivity contribution in [2.24, 2.45) is 11.7 Å². The first-order chi connectivity index (χ1) is 14.3. The van der Waals surface area contributed by atoms with Gasteiger partial charge in [-0.25, -0.2) is 4.98 Å². The van der Waals surface area contributed by atoms with Gasteiger partial charge in [0.25, 0.3) is 0 Å². The van der Waals surface area contributed by atoms with E-state index in [2.05, 4.69) is 33.5 Å². The Kier molecular flexibility index (Phi) is 5.66. The number of fused-ring (bicyclic) bond motifs is 1. The normalized spacial score (nSPS) is 17.4. The van der Waals surface area contributed by atoms with Crippen molar-refractivity contribution >= 4 is 28.1 Å². The number of rotatable bonds is 6. The second-order valence-corrected chi connectivity index (χ2v) is 8.61. The smallest absolute Gasteiger partial charge is 0.360 e. The maximum Gasteiger partial charge on any atom is 0.416 e. The summed E-state index contributed by atoms with van der Waals surface area (Å²) in [5.41, 5.74) is 9.78. The maximum atomic E-state index is 12.7. The van der Waals surface area contributed by atoms with Crippen molar-refractivity contribution in [1.82, 2.24) is 15.2 Å². The summed E-state index contributed by atoms with van der Waals surface area (Å²) < 4.78 is 38.0. The molecule has 0 spiro atoms. The van der Waals surface area contributed by atoms with Crippen LogP contribution in [0, 0.1) is 5.92 Å². The van der Waals surface area contributed by atoms with E-state index in [1.165, 1.54) is 23.3 Å². The Morgan fingerprint density at radius 2 is 2.03 bits per heavy atom. The molecule has 1 unspecified atom stereocenters. The Bertz CT molecular complexity index is 1040. The molecule has 9 heteroatoms. The Balaban J connectivity index is 1.34. The predicted molar refractivity (Wildman–Crippen MR) is 113 cm³/mol. The van der Waals surface area contributed by atoms with Gasteiger partial charge in [0.2, 0.25) is 0 Å². The number of thiazole rings is 1. The molecular formula is C21H22F3N5S. The lowest BCUT2D eigenvalue weighted by Crippen LogP contribution is -2.31. The van der Waals surface area contributed by atoms with E-state index in [-0.39, 0.29) is 6.04 Å². The summed E-state index contributed by atoms with van der Waals surface area (Å²) in [4.78, 5) is 5.55. The monoisotopic (exact) mass is 433 g/mol. The number of aromatic nitrogens is 3. The Morgan fingerprint density at radius 1 is 1.27 bits per heavy atom. The van der Waals surface area contributed by atoms with Crippen LogP contribution in [0.15, 0.2) is 36.7 Å². The highest BCUT2D eigenvalue weighted by atomic mass is 32.1. The first kappa shape index (κ1) is 20.6. The van der Waals surface area contributed by atoms with Crippen molar-refractivity contribution in [3.05, 3.63) is 63.9 Å². The summed E-state index contributed by atoms with van der Waals surface area (Å²) in [6.45, 7) is 2.67. The quantitative estimate of drug-likeness (QED) is 0.531. The van der Waals surface area contributed by atoms with Gasteiger partial charge in [-0.3, -0.25) is 5.10 Å². The number of anilines is 1. The third-order valence-electron chi connectivity index (χ3n) is 5.19. The fourth-order valence-corrected chi connectivity index (χ4v) is 4.53. The number of nitrogens with two attached hydrogens (primary N) is 1. The van der Waals surface area contributed by atoms with E-state index in [1.54, 1.807) is 11.3 Å². The minimum Gasteiger partial charge on any atom is -0.360 e. The van der Waals surface area contributed by atoms with Crippen LogP contribution in [0.25, 0.3) is 11.6 Å². The first-order valence-electron chi connectivity index (χ1n) is 9.65. The molecule has 30 heavy (non-hydrogen) atoms. The summed E-state index contributed by atoms with van der Waals surface area (Å²) in [7, 11) is 0. The minimum absolute atomic E-state index is 0.241. The first-order valence-corrected chi connectivity index (χ1v) is 10.5. The molecule has 158 valence electrons. The number of nitrogens with zero attached hydrogens (tertiary/aromatic N) is 2. The lowest BCUT2D eigenvalue weighted by atomic mass is 9.87. The van der Waals surface area contributed by atoms with Crippen LogP contribution in [0.4, 0.5) is 18.3 Å². The maximum absolute atomic E-state index is 12.7. The standard InChI is InChI=1S/C21H22F3N5S/c1-12-6-14-9-28-29-18(14)8-17(12)19-11-27-20(30-19)26-10-16(25)7-13-2-4-15(5-3-13)21(22,23)24/h2-5,8-9,11-12,16H,6-7,10,25H2,1H3,(H,26,27)(H,28,29)/t12?,16-/m0/s1. The van der Waals surface area contributed by atoms with Gasteiger partial charge in [-0.2, -0.15) is 18.3 Å². The highest BCUT2D eigenvalue weighted by Crippen LogP contribution is 2.37. The van der Waals surface area contributed by atoms with Gasteiger partial charge < -0.3 is 11.1 Å². The molecule has 5 nitrogen and oxygen atoms in total. The molecule has 0 bridgehead atoms. The minimum atomic E-state index is -4.32. The van der Waals surface area contributed by atoms with Crippen molar-refractivity contribution in [2.45, 2.75) is 32.0 Å². The van der Waals surface area contributed by atoms with Crippen molar-refractivity contribution in [1.29, 1.82) is 0 Å². The van der Waals surface area contributed by atoms with E-state index >= 15 is 0 Å². The molecule has 3 aromatic rings. The fourth-order valence-electron chi connectivity index (χ4n) is 3.57. The molecule has 2 atom stereocenters. The predicted octanol–water partition coefficient (Wildman–Crippen LogP) is 4.60. The molecular weight excluding hydrogens is 411 g/mol. The number of alkyl halides is 3. The number of halogens is 3. The van der Waals surface area contributed by atoms with Crippen LogP contribution in [0.3, 0.4) is 0 Å². The number of benzene rings is 1. The third kappa shape index (κ3) is 4.57. The van der Waals surface area contributed by atoms with Gasteiger partial charge >= 0.3 is 6.18 Å². The number of H-pyrrole nitrogens is 1. The second kappa shape index (κ2) is 8.23. The van der Waals surface area contributed by atoms with Gasteiger partial charge in [0.1, 0.15) is 0 Å². The van der Waals surface area contributed by atoms with Crippen molar-refractivity contribution in [3.63, 3.8) is 0 Å². The zero-order chi connectivity index (χ0) is 21.3. The van der Waals surface area contributed by atoms with E-state index in [0.717, 1.165) is 39.8 Å². The van der Waals surface area contributed by atoms with Crippen LogP contribution in [-0.4, -0.2) is 27.8 Å². The highest BCUT2D eigenvalue weighted by Gasteiger charge is 2.30. The molecule has 1 aliphatic rings. The van der Waals surface area contributed by atoms with Crippen LogP contribution in [0.2, 0.25) is 0 Å². The summed E-state index contributed by atoms with van der Waals surface area (Å²) in [5.74, 6) is 0.380. The van der Waals surface area contributed by atoms with Gasteiger partial charge in [0, 0.05) is 18.8 Å². The van der Waals surface area contributed by atoms with Crippen molar-refractivity contribution in [3.8, 4) is 0 Å². The van der Waals surface area contributed by atoms with Gasteiger partial charge in [0.05, 0.1) is 22.3 Å². The molecule has 2 heterocycles. The molecule has 0 aliphatic heterocycles. The lowest BCUT2D eigenvalue weighted by molar-refractivity contribution is -0.137. The summed E-state index contributed by atoms with van der Waals surface area (Å²) in [6, 6.07) is 4.89. The van der Waals surface area contributed by atoms with E-state index in [9.17, 15) is 13.2 Å². The van der Waals surface area contributed by atoms with E-state index < -0.39 is 11.7 Å². The zero-order valence-corrected chi connectivity index (χ0v) is 17.1. The topological polar surface area (TPSA) is 79.6 Å². The van der Waals surface area contributed by atoms with Crippen LogP contribution >= 0.6 is 11.3 Å². The third-order valence-corrected chi connectivity index (χ3v) is 6.20. The van der Waals surface area contributed by atoms with Gasteiger partial charge in [-0.15, -0.1) is 0 Å². The molecule has 0 saturated carbocycles. The molecule has 0 amide bonds. The summed E-state index contributed by atoms with van der Waals surface area (Å²) >= 11 is 1.57. The molecule has 0 saturated heterocycles. The largest absolute Gasteiger partial charge is 0.416 e. The second-order valence-electron chi connectivity index (χ2n) is 7.58. The molecule has 4 rings (SSSR count). The molecule has 1 aromatic carbocycles. The zero-order valence-electron chi connectivity index (χ0n) is 16.3. The fraction of sp³-hybridized carbons (Fsp3) is 0.333. The van der Waals surface area contributed by atoms with Crippen LogP contribution in [0.5, 0.6) is 0 Å². The Labute approximate surface area is 176 Å². The lowest BCUT2D eigenvalue weighted by Gasteiger charge is -2.19. The Hall–Kier alpha value is -2.65. The molecule has 0 radical (unpaired) electrons. The average molecular weight is 434 g/mol. The Morgan fingerprint density at radius 3 is 2.77 bits per heavy atom. The number of hydrogen-bond donors (Lipinski definition) is 3. The number of allylic oxidation sites excluding steroid dienone is 1. The van der Waals surface area contributed by atoms with E-state index in [0.29, 0.717) is 18.9 Å². The number of nitrogens with one attached hydrogen (secondary N) is 2.